The number of allylic oxidation sites excluding steroid dienone is 2. The Kier molecular flexibility index (Phi) is 13.9. The van der Waals surface area contributed by atoms with E-state index in [-0.39, 0.29) is 0 Å². The van der Waals surface area contributed by atoms with Crippen LogP contribution in [0.3, 0.4) is 0 Å². The monoisotopic (exact) mass is 474 g/mol. The van der Waals surface area contributed by atoms with Gasteiger partial charge in [-0.2, -0.15) is 10.2 Å². The van der Waals surface area contributed by atoms with Crippen LogP contribution in [0, 0.1) is 0 Å². The van der Waals surface area contributed by atoms with Gasteiger partial charge < -0.3 is 0 Å². The van der Waals surface area contributed by atoms with Crippen LogP contribution in [-0.4, -0.2) is 17.5 Å². The second-order valence-corrected chi connectivity index (χ2v) is 8.65. The van der Waals surface area contributed by atoms with Crippen LogP contribution in [0.5, 0.6) is 0 Å². The van der Waals surface area contributed by atoms with Gasteiger partial charge in [0.25, 0.3) is 0 Å². The number of nitrogens with one attached hydrogen (secondary N) is 2. The number of rotatable bonds is 14. The second-order valence-electron chi connectivity index (χ2n) is 8.24. The fourth-order valence-corrected chi connectivity index (χ4v) is 3.51. The lowest BCUT2D eigenvalue weighted by Gasteiger charge is -2.05. The number of hydrazone groups is 2. The minimum absolute atomic E-state index is 0.368. The van der Waals surface area contributed by atoms with Gasteiger partial charge in [-0.1, -0.05) is 112 Å². The smallest absolute Gasteiger partial charge is 0.207 e. The zero-order valence-corrected chi connectivity index (χ0v) is 21.4. The van der Waals surface area contributed by atoms with E-state index in [2.05, 4.69) is 71.3 Å². The molecule has 180 valence electrons. The molecule has 0 saturated heterocycles. The molecule has 0 aliphatic rings. The van der Waals surface area contributed by atoms with E-state index in [0.29, 0.717) is 5.11 Å². The molecular weight excluding hydrogens is 436 g/mol. The first-order chi connectivity index (χ1) is 16.7. The molecule has 5 heteroatoms. The van der Waals surface area contributed by atoms with Gasteiger partial charge in [0.05, 0.1) is 12.4 Å². The highest BCUT2D eigenvalue weighted by atomic mass is 32.1. The van der Waals surface area contributed by atoms with E-state index in [9.17, 15) is 0 Å². The number of thiocarbonyl (C=S) groups is 1. The molecule has 4 nitrogen and oxygen atoms in total. The quantitative estimate of drug-likeness (QED) is 0.127. The molecule has 2 aromatic rings. The maximum absolute atomic E-state index is 5.34. The molecule has 0 aromatic heterocycles. The van der Waals surface area contributed by atoms with Crippen molar-refractivity contribution in [3.05, 3.63) is 82.9 Å². The lowest BCUT2D eigenvalue weighted by molar-refractivity contribution is 0.724. The van der Waals surface area contributed by atoms with E-state index >= 15 is 0 Å². The minimum Gasteiger partial charge on any atom is -0.252 e. The molecule has 0 fully saturated rings. The Morgan fingerprint density at radius 2 is 1.09 bits per heavy atom. The molecule has 0 radical (unpaired) electrons. The van der Waals surface area contributed by atoms with Crippen LogP contribution in [0.4, 0.5) is 0 Å². The number of hydrogen-bond donors (Lipinski definition) is 2. The Morgan fingerprint density at radius 3 is 1.47 bits per heavy atom. The highest BCUT2D eigenvalue weighted by Crippen LogP contribution is 2.13. The summed E-state index contributed by atoms with van der Waals surface area (Å²) < 4.78 is 0. The molecular formula is C29H38N4S. The SMILES string of the molecule is CCCCCC(/C=N\NC(=S)N/N=C/C(=C/c1ccccc1)CCCCC)=C\c1ccccc1. The average Bonchev–Trinajstić information content (AvgIpc) is 2.85. The van der Waals surface area contributed by atoms with E-state index in [1.165, 1.54) is 48.0 Å². The summed E-state index contributed by atoms with van der Waals surface area (Å²) in [4.78, 5) is 0. The van der Waals surface area contributed by atoms with Crippen molar-refractivity contribution in [3.63, 3.8) is 0 Å². The van der Waals surface area contributed by atoms with Gasteiger partial charge in [0, 0.05) is 0 Å². The Balaban J connectivity index is 1.93. The zero-order chi connectivity index (χ0) is 24.3. The van der Waals surface area contributed by atoms with Gasteiger partial charge in [-0.05, 0) is 60.2 Å². The van der Waals surface area contributed by atoms with Crippen molar-refractivity contribution in [2.45, 2.75) is 65.2 Å². The molecule has 0 heterocycles. The number of benzene rings is 2. The van der Waals surface area contributed by atoms with Gasteiger partial charge in [0.2, 0.25) is 5.11 Å². The molecule has 0 bridgehead atoms. The summed E-state index contributed by atoms with van der Waals surface area (Å²) in [5, 5.41) is 9.04. The standard InChI is InChI=1S/C29H38N4S/c1-3-5-9-19-27(21-25-15-11-7-12-16-25)23-30-32-29(34)33-31-24-28(20-10-6-4-2)22-26-17-13-8-14-18-26/h7-8,11-18,21-24H,3-6,9-10,19-20H2,1-2H3,(H2,32,33,34)/b27-21+,28-22+,30-23-,31-24+. The predicted molar refractivity (Wildman–Crippen MR) is 153 cm³/mol. The first kappa shape index (κ1) is 27.2. The number of unbranched alkanes of at least 4 members (excludes halogenated alkanes) is 4. The van der Waals surface area contributed by atoms with Gasteiger partial charge in [-0.3, -0.25) is 10.9 Å². The first-order valence-corrected chi connectivity index (χ1v) is 12.8. The van der Waals surface area contributed by atoms with Crippen molar-refractivity contribution in [1.29, 1.82) is 0 Å². The van der Waals surface area contributed by atoms with E-state index in [1.807, 2.05) is 48.8 Å². The normalized spacial score (nSPS) is 12.4. The number of nitrogens with zero attached hydrogens (tertiary/aromatic N) is 2. The molecule has 0 amide bonds. The molecule has 0 spiro atoms. The van der Waals surface area contributed by atoms with E-state index < -0.39 is 0 Å². The van der Waals surface area contributed by atoms with Crippen molar-refractivity contribution in [1.82, 2.24) is 10.9 Å². The summed E-state index contributed by atoms with van der Waals surface area (Å²) in [7, 11) is 0. The lowest BCUT2D eigenvalue weighted by atomic mass is 10.1. The second kappa shape index (κ2) is 17.4. The van der Waals surface area contributed by atoms with E-state index in [1.54, 1.807) is 0 Å². The highest BCUT2D eigenvalue weighted by Gasteiger charge is 1.98. The Morgan fingerprint density at radius 1 is 0.676 bits per heavy atom. The molecule has 2 aromatic carbocycles. The van der Waals surface area contributed by atoms with E-state index in [0.717, 1.165) is 25.7 Å². The third kappa shape index (κ3) is 12.3. The van der Waals surface area contributed by atoms with Gasteiger partial charge in [-0.15, -0.1) is 0 Å². The highest BCUT2D eigenvalue weighted by molar-refractivity contribution is 7.80. The van der Waals surface area contributed by atoms with Gasteiger partial charge in [0.15, 0.2) is 0 Å². The molecule has 0 unspecified atom stereocenters. The zero-order valence-electron chi connectivity index (χ0n) is 20.5. The Hall–Kier alpha value is -3.05. The van der Waals surface area contributed by atoms with Crippen LogP contribution in [0.2, 0.25) is 0 Å². The maximum atomic E-state index is 5.34. The maximum Gasteiger partial charge on any atom is 0.207 e. The van der Waals surface area contributed by atoms with Crippen LogP contribution >= 0.6 is 12.2 Å². The Labute approximate surface area is 211 Å². The molecule has 0 aliphatic heterocycles. The summed E-state index contributed by atoms with van der Waals surface area (Å²) in [5.74, 6) is 0. The van der Waals surface area contributed by atoms with Crippen LogP contribution in [0.15, 0.2) is 82.0 Å². The number of hydrogen-bond acceptors (Lipinski definition) is 3. The summed E-state index contributed by atoms with van der Waals surface area (Å²) in [6, 6.07) is 20.6. The molecule has 2 rings (SSSR count). The van der Waals surface area contributed by atoms with Crippen LogP contribution in [0.25, 0.3) is 12.2 Å². The van der Waals surface area contributed by atoms with Crippen LogP contribution < -0.4 is 10.9 Å². The third-order valence-corrected chi connectivity index (χ3v) is 5.42. The van der Waals surface area contributed by atoms with Crippen LogP contribution in [0.1, 0.15) is 76.3 Å². The fourth-order valence-electron chi connectivity index (χ4n) is 3.41. The largest absolute Gasteiger partial charge is 0.252 e. The summed E-state index contributed by atoms with van der Waals surface area (Å²) in [6.45, 7) is 4.43. The molecule has 0 aliphatic carbocycles. The van der Waals surface area contributed by atoms with Crippen molar-refractivity contribution >= 4 is 41.9 Å². The van der Waals surface area contributed by atoms with Crippen molar-refractivity contribution in [3.8, 4) is 0 Å². The topological polar surface area (TPSA) is 48.8 Å². The molecule has 0 atom stereocenters. The average molecular weight is 475 g/mol. The molecule has 2 N–H and O–H groups in total. The van der Waals surface area contributed by atoms with Crippen molar-refractivity contribution in [2.24, 2.45) is 10.2 Å². The van der Waals surface area contributed by atoms with Crippen LogP contribution in [-0.2, 0) is 0 Å². The summed E-state index contributed by atoms with van der Waals surface area (Å²) >= 11 is 5.34. The first-order valence-electron chi connectivity index (χ1n) is 12.3. The molecule has 0 saturated carbocycles. The predicted octanol–water partition coefficient (Wildman–Crippen LogP) is 7.75. The minimum atomic E-state index is 0.368. The van der Waals surface area contributed by atoms with Gasteiger partial charge in [-0.25, -0.2) is 0 Å². The van der Waals surface area contributed by atoms with Crippen molar-refractivity contribution < 1.29 is 0 Å². The van der Waals surface area contributed by atoms with Crippen molar-refractivity contribution in [2.75, 3.05) is 0 Å². The third-order valence-electron chi connectivity index (χ3n) is 5.23. The van der Waals surface area contributed by atoms with Gasteiger partial charge in [0.1, 0.15) is 0 Å². The summed E-state index contributed by atoms with van der Waals surface area (Å²) in [6.07, 6.45) is 17.1. The summed E-state index contributed by atoms with van der Waals surface area (Å²) in [5.41, 5.74) is 10.4. The molecule has 34 heavy (non-hydrogen) atoms. The fraction of sp³-hybridized carbons (Fsp3) is 0.345. The van der Waals surface area contributed by atoms with E-state index in [4.69, 9.17) is 12.2 Å². The lowest BCUT2D eigenvalue weighted by Crippen LogP contribution is -2.28. The van der Waals surface area contributed by atoms with Gasteiger partial charge >= 0.3 is 0 Å². The Bertz CT molecular complexity index is 869.